The molecule has 0 radical (unpaired) electrons. The first-order valence-electron chi connectivity index (χ1n) is 6.29. The molecule has 0 saturated heterocycles. The van der Waals surface area contributed by atoms with Crippen molar-refractivity contribution in [2.45, 2.75) is 31.8 Å². The van der Waals surface area contributed by atoms with E-state index in [4.69, 9.17) is 5.73 Å². The molecule has 1 fully saturated rings. The van der Waals surface area contributed by atoms with Crippen molar-refractivity contribution >= 4 is 11.7 Å². The van der Waals surface area contributed by atoms with Crippen molar-refractivity contribution in [3.63, 3.8) is 0 Å². The average molecular weight is 248 g/mol. The van der Waals surface area contributed by atoms with Crippen LogP contribution in [0.2, 0.25) is 0 Å². The van der Waals surface area contributed by atoms with E-state index >= 15 is 0 Å². The van der Waals surface area contributed by atoms with Gasteiger partial charge in [-0.05, 0) is 38.9 Å². The molecule has 0 bridgehead atoms. The molecule has 2 rings (SSSR count). The lowest BCUT2D eigenvalue weighted by Crippen LogP contribution is -2.41. The Kier molecular flexibility index (Phi) is 3.81. The Morgan fingerprint density at radius 1 is 1.61 bits per heavy atom. The van der Waals surface area contributed by atoms with Crippen LogP contribution in [-0.2, 0) is 0 Å². The van der Waals surface area contributed by atoms with Crippen LogP contribution < -0.4 is 11.1 Å². The van der Waals surface area contributed by atoms with Gasteiger partial charge in [-0.15, -0.1) is 0 Å². The molecule has 1 aromatic rings. The molecule has 1 atom stereocenters. The number of hydrogen-bond acceptors (Lipinski definition) is 4. The van der Waals surface area contributed by atoms with Crippen LogP contribution in [0, 0.1) is 0 Å². The summed E-state index contributed by atoms with van der Waals surface area (Å²) < 4.78 is 0. The quantitative estimate of drug-likeness (QED) is 0.811. The number of carbonyl (C=O) groups excluding carboxylic acids is 1. The van der Waals surface area contributed by atoms with Crippen LogP contribution in [0.3, 0.4) is 0 Å². The van der Waals surface area contributed by atoms with Crippen LogP contribution in [-0.4, -0.2) is 41.5 Å². The van der Waals surface area contributed by atoms with Crippen LogP contribution >= 0.6 is 0 Å². The first-order chi connectivity index (χ1) is 8.58. The molecular weight excluding hydrogens is 228 g/mol. The number of nitrogen functional groups attached to an aromatic ring is 1. The fourth-order valence-electron chi connectivity index (χ4n) is 1.87. The Labute approximate surface area is 107 Å². The van der Waals surface area contributed by atoms with E-state index in [2.05, 4.69) is 29.2 Å². The Hall–Kier alpha value is -1.62. The normalized spacial score (nSPS) is 16.6. The van der Waals surface area contributed by atoms with Gasteiger partial charge in [0.05, 0.1) is 5.56 Å². The standard InChI is InChI=1S/C13H20N4O/c1-9(17(2)11-4-5-11)7-16-13(18)10-3-6-12(14)15-8-10/h3,6,8-9,11H,4-5,7H2,1-2H3,(H2,14,15)(H,16,18). The Bertz CT molecular complexity index is 414. The second kappa shape index (κ2) is 5.35. The lowest BCUT2D eigenvalue weighted by Gasteiger charge is -2.24. The summed E-state index contributed by atoms with van der Waals surface area (Å²) >= 11 is 0. The lowest BCUT2D eigenvalue weighted by atomic mass is 10.2. The average Bonchev–Trinajstić information content (AvgIpc) is 3.19. The van der Waals surface area contributed by atoms with Crippen molar-refractivity contribution in [1.82, 2.24) is 15.2 Å². The zero-order valence-electron chi connectivity index (χ0n) is 10.9. The minimum Gasteiger partial charge on any atom is -0.384 e. The number of amides is 1. The van der Waals surface area contributed by atoms with Gasteiger partial charge in [0.1, 0.15) is 5.82 Å². The third kappa shape index (κ3) is 3.20. The number of carbonyl (C=O) groups is 1. The molecule has 5 heteroatoms. The van der Waals surface area contributed by atoms with E-state index in [1.165, 1.54) is 19.0 Å². The second-order valence-corrected chi connectivity index (χ2v) is 4.93. The van der Waals surface area contributed by atoms with Crippen molar-refractivity contribution in [2.24, 2.45) is 0 Å². The largest absolute Gasteiger partial charge is 0.384 e. The van der Waals surface area contributed by atoms with Crippen LogP contribution in [0.5, 0.6) is 0 Å². The molecule has 1 heterocycles. The Balaban J connectivity index is 1.82. The van der Waals surface area contributed by atoms with Gasteiger partial charge < -0.3 is 11.1 Å². The minimum atomic E-state index is -0.0986. The highest BCUT2D eigenvalue weighted by Gasteiger charge is 2.29. The molecule has 1 amide bonds. The van der Waals surface area contributed by atoms with Crippen LogP contribution in [0.4, 0.5) is 5.82 Å². The summed E-state index contributed by atoms with van der Waals surface area (Å²) in [4.78, 5) is 18.1. The number of anilines is 1. The number of nitrogens with one attached hydrogen (secondary N) is 1. The summed E-state index contributed by atoms with van der Waals surface area (Å²) in [7, 11) is 2.11. The van der Waals surface area contributed by atoms with Gasteiger partial charge in [0.15, 0.2) is 0 Å². The molecule has 18 heavy (non-hydrogen) atoms. The third-order valence-corrected chi connectivity index (χ3v) is 3.42. The zero-order valence-corrected chi connectivity index (χ0v) is 10.9. The van der Waals surface area contributed by atoms with Crippen LogP contribution in [0.1, 0.15) is 30.1 Å². The van der Waals surface area contributed by atoms with E-state index in [0.29, 0.717) is 30.0 Å². The van der Waals surface area contributed by atoms with Gasteiger partial charge >= 0.3 is 0 Å². The van der Waals surface area contributed by atoms with Crippen LogP contribution in [0.25, 0.3) is 0 Å². The zero-order chi connectivity index (χ0) is 13.1. The predicted octanol–water partition coefficient (Wildman–Crippen LogP) is 0.876. The molecule has 3 N–H and O–H groups in total. The van der Waals surface area contributed by atoms with E-state index in [1.54, 1.807) is 12.1 Å². The van der Waals surface area contributed by atoms with Crippen molar-refractivity contribution in [3.8, 4) is 0 Å². The van der Waals surface area contributed by atoms with Gasteiger partial charge in [0, 0.05) is 24.8 Å². The maximum Gasteiger partial charge on any atom is 0.252 e. The molecule has 1 unspecified atom stereocenters. The van der Waals surface area contributed by atoms with Gasteiger partial charge in [0.2, 0.25) is 0 Å². The minimum absolute atomic E-state index is 0.0986. The monoisotopic (exact) mass is 248 g/mol. The summed E-state index contributed by atoms with van der Waals surface area (Å²) in [6.07, 6.45) is 4.05. The summed E-state index contributed by atoms with van der Waals surface area (Å²) in [6.45, 7) is 2.77. The van der Waals surface area contributed by atoms with Crippen molar-refractivity contribution < 1.29 is 4.79 Å². The second-order valence-electron chi connectivity index (χ2n) is 4.93. The first-order valence-corrected chi connectivity index (χ1v) is 6.29. The number of pyridine rings is 1. The molecular formula is C13H20N4O. The number of rotatable bonds is 5. The molecule has 98 valence electrons. The van der Waals surface area contributed by atoms with Gasteiger partial charge in [0.25, 0.3) is 5.91 Å². The predicted molar refractivity (Wildman–Crippen MR) is 71.2 cm³/mol. The number of likely N-dealkylation sites (N-methyl/N-ethyl adjacent to an activating group) is 1. The van der Waals surface area contributed by atoms with Gasteiger partial charge in [-0.1, -0.05) is 0 Å². The molecule has 5 nitrogen and oxygen atoms in total. The van der Waals surface area contributed by atoms with E-state index in [0.717, 1.165) is 0 Å². The highest BCUT2D eigenvalue weighted by Crippen LogP contribution is 2.26. The summed E-state index contributed by atoms with van der Waals surface area (Å²) in [5, 5.41) is 2.92. The fourth-order valence-corrected chi connectivity index (χ4v) is 1.87. The SMILES string of the molecule is CC(CNC(=O)c1ccc(N)nc1)N(C)C1CC1. The topological polar surface area (TPSA) is 71.2 Å². The van der Waals surface area contributed by atoms with E-state index < -0.39 is 0 Å². The molecule has 0 aliphatic heterocycles. The summed E-state index contributed by atoms with van der Waals surface area (Å²) in [5.41, 5.74) is 6.03. The van der Waals surface area contributed by atoms with Gasteiger partial charge in [-0.25, -0.2) is 4.98 Å². The molecule has 1 aliphatic rings. The van der Waals surface area contributed by atoms with E-state index in [-0.39, 0.29) is 5.91 Å². The summed E-state index contributed by atoms with van der Waals surface area (Å²) in [5.74, 6) is 0.326. The van der Waals surface area contributed by atoms with Gasteiger partial charge in [-0.2, -0.15) is 0 Å². The van der Waals surface area contributed by atoms with E-state index in [9.17, 15) is 4.79 Å². The van der Waals surface area contributed by atoms with Crippen molar-refractivity contribution in [1.29, 1.82) is 0 Å². The number of nitrogens with two attached hydrogens (primary N) is 1. The highest BCUT2D eigenvalue weighted by atomic mass is 16.1. The van der Waals surface area contributed by atoms with Crippen LogP contribution in [0.15, 0.2) is 18.3 Å². The number of nitrogens with zero attached hydrogens (tertiary/aromatic N) is 2. The van der Waals surface area contributed by atoms with Crippen molar-refractivity contribution in [3.05, 3.63) is 23.9 Å². The maximum atomic E-state index is 11.9. The molecule has 0 aromatic carbocycles. The molecule has 1 aliphatic carbocycles. The number of hydrogen-bond donors (Lipinski definition) is 2. The van der Waals surface area contributed by atoms with Crippen molar-refractivity contribution in [2.75, 3.05) is 19.3 Å². The smallest absolute Gasteiger partial charge is 0.252 e. The Morgan fingerprint density at radius 3 is 2.89 bits per heavy atom. The maximum absolute atomic E-state index is 11.9. The third-order valence-electron chi connectivity index (χ3n) is 3.42. The van der Waals surface area contributed by atoms with Gasteiger partial charge in [-0.3, -0.25) is 9.69 Å². The fraction of sp³-hybridized carbons (Fsp3) is 0.538. The number of aromatic nitrogens is 1. The van der Waals surface area contributed by atoms with E-state index in [1.807, 2.05) is 0 Å². The lowest BCUT2D eigenvalue weighted by molar-refractivity contribution is 0.0939. The Morgan fingerprint density at radius 2 is 2.33 bits per heavy atom. The highest BCUT2D eigenvalue weighted by molar-refractivity contribution is 5.94. The first kappa shape index (κ1) is 12.8. The molecule has 1 aromatic heterocycles. The summed E-state index contributed by atoms with van der Waals surface area (Å²) in [6, 6.07) is 4.37. The molecule has 0 spiro atoms. The molecule has 1 saturated carbocycles.